The second-order valence-corrected chi connectivity index (χ2v) is 10.7. The van der Waals surface area contributed by atoms with Crippen LogP contribution in [-0.2, 0) is 12.8 Å². The van der Waals surface area contributed by atoms with Crippen molar-refractivity contribution in [3.63, 3.8) is 0 Å². The molecule has 0 radical (unpaired) electrons. The summed E-state index contributed by atoms with van der Waals surface area (Å²) in [6, 6.07) is 13.6. The molecule has 0 bridgehead atoms. The van der Waals surface area contributed by atoms with E-state index in [0.29, 0.717) is 0 Å². The third-order valence-electron chi connectivity index (χ3n) is 7.92. The van der Waals surface area contributed by atoms with Crippen LogP contribution in [0.5, 0.6) is 0 Å². The van der Waals surface area contributed by atoms with Gasteiger partial charge in [0.05, 0.1) is 5.69 Å². The zero-order valence-corrected chi connectivity index (χ0v) is 21.7. The Morgan fingerprint density at radius 2 is 1.21 bits per heavy atom. The predicted molar refractivity (Wildman–Crippen MR) is 145 cm³/mol. The van der Waals surface area contributed by atoms with E-state index in [2.05, 4.69) is 56.4 Å². The first-order chi connectivity index (χ1) is 16.3. The molecule has 0 aliphatic heterocycles. The Kier molecular flexibility index (Phi) is 12.1. The highest BCUT2D eigenvalue weighted by Gasteiger charge is 2.20. The highest BCUT2D eigenvalue weighted by Crippen LogP contribution is 2.34. The number of nitrogens with zero attached hydrogens (tertiary/aromatic N) is 1. The average Bonchev–Trinajstić information content (AvgIpc) is 2.87. The van der Waals surface area contributed by atoms with Gasteiger partial charge >= 0.3 is 0 Å². The predicted octanol–water partition coefficient (Wildman–Crippen LogP) is 9.97. The number of aryl methyl sites for hydroxylation is 2. The molecule has 0 saturated heterocycles. The normalized spacial score (nSPS) is 18.5. The lowest BCUT2D eigenvalue weighted by molar-refractivity contribution is 0.248. The summed E-state index contributed by atoms with van der Waals surface area (Å²) in [7, 11) is 0. The molecule has 1 saturated carbocycles. The fourth-order valence-electron chi connectivity index (χ4n) is 5.56. The van der Waals surface area contributed by atoms with Gasteiger partial charge in [0.15, 0.2) is 0 Å². The van der Waals surface area contributed by atoms with E-state index in [4.69, 9.17) is 4.98 Å². The molecule has 1 aromatic heterocycles. The molecule has 0 N–H and O–H groups in total. The van der Waals surface area contributed by atoms with Crippen molar-refractivity contribution in [1.82, 2.24) is 4.98 Å². The third kappa shape index (κ3) is 9.63. The van der Waals surface area contributed by atoms with Crippen LogP contribution in [0.25, 0.3) is 11.3 Å². The summed E-state index contributed by atoms with van der Waals surface area (Å²) in [6.45, 7) is 4.58. The smallest absolute Gasteiger partial charge is 0.0702 e. The van der Waals surface area contributed by atoms with Crippen LogP contribution >= 0.6 is 0 Å². The minimum atomic E-state index is 0.936. The number of aromatic nitrogens is 1. The summed E-state index contributed by atoms with van der Waals surface area (Å²) in [5, 5.41) is 0. The van der Waals surface area contributed by atoms with Crippen molar-refractivity contribution in [3.05, 3.63) is 53.7 Å². The van der Waals surface area contributed by atoms with E-state index in [-0.39, 0.29) is 0 Å². The zero-order chi connectivity index (χ0) is 23.1. The number of rotatable bonds is 15. The number of pyridine rings is 1. The first kappa shape index (κ1) is 26.0. The van der Waals surface area contributed by atoms with Gasteiger partial charge in [-0.3, -0.25) is 4.98 Å². The molecule has 2 aromatic rings. The molecule has 1 aliphatic carbocycles. The maximum atomic E-state index is 4.80. The summed E-state index contributed by atoms with van der Waals surface area (Å²) in [5.74, 6) is 1.96. The van der Waals surface area contributed by atoms with Crippen molar-refractivity contribution >= 4 is 0 Å². The molecule has 3 rings (SSSR count). The van der Waals surface area contributed by atoms with E-state index in [0.717, 1.165) is 17.5 Å². The van der Waals surface area contributed by atoms with E-state index in [1.54, 1.807) is 0 Å². The molecular formula is C32H49N. The number of unbranched alkanes of at least 4 members (excludes halogenated alkanes) is 7. The number of hydrogen-bond donors (Lipinski definition) is 0. The van der Waals surface area contributed by atoms with Gasteiger partial charge in [-0.1, -0.05) is 128 Å². The van der Waals surface area contributed by atoms with Crippen LogP contribution in [0, 0.1) is 11.8 Å². The van der Waals surface area contributed by atoms with Gasteiger partial charge in [0.25, 0.3) is 0 Å². The molecule has 182 valence electrons. The molecule has 0 atom stereocenters. The molecule has 1 nitrogen and oxygen atoms in total. The summed E-state index contributed by atoms with van der Waals surface area (Å²) in [4.78, 5) is 4.80. The van der Waals surface area contributed by atoms with Crippen molar-refractivity contribution in [1.29, 1.82) is 0 Å². The molecule has 1 heterocycles. The molecule has 1 fully saturated rings. The van der Waals surface area contributed by atoms with Gasteiger partial charge in [0, 0.05) is 11.8 Å². The summed E-state index contributed by atoms with van der Waals surface area (Å²) in [5.41, 5.74) is 5.21. The first-order valence-corrected chi connectivity index (χ1v) is 14.3. The minimum Gasteiger partial charge on any atom is -0.256 e. The van der Waals surface area contributed by atoms with Crippen molar-refractivity contribution in [3.8, 4) is 11.3 Å². The molecule has 1 aliphatic rings. The monoisotopic (exact) mass is 447 g/mol. The Hall–Kier alpha value is -1.63. The van der Waals surface area contributed by atoms with Crippen LogP contribution in [0.3, 0.4) is 0 Å². The molecule has 0 spiro atoms. The van der Waals surface area contributed by atoms with Crippen LogP contribution in [0.2, 0.25) is 0 Å². The van der Waals surface area contributed by atoms with Crippen molar-refractivity contribution in [2.24, 2.45) is 11.8 Å². The number of benzene rings is 1. The van der Waals surface area contributed by atoms with E-state index in [9.17, 15) is 0 Å². The average molecular weight is 448 g/mol. The van der Waals surface area contributed by atoms with Gasteiger partial charge in [0.1, 0.15) is 0 Å². The van der Waals surface area contributed by atoms with Crippen LogP contribution < -0.4 is 0 Å². The lowest BCUT2D eigenvalue weighted by Crippen LogP contribution is -2.15. The summed E-state index contributed by atoms with van der Waals surface area (Å²) in [6.07, 6.45) is 25.7. The largest absolute Gasteiger partial charge is 0.256 e. The molecule has 1 aromatic carbocycles. The summed E-state index contributed by atoms with van der Waals surface area (Å²) >= 11 is 0. The van der Waals surface area contributed by atoms with E-state index in [1.807, 2.05) is 0 Å². The Balaban J connectivity index is 1.35. The SMILES string of the molecule is CCCCCCC[C@H]1CC[C@H](CCc2ccc(-c3ccc(CCCCCC)cc3)nc2)CC1. The van der Waals surface area contributed by atoms with Gasteiger partial charge in [-0.05, 0) is 54.7 Å². The van der Waals surface area contributed by atoms with E-state index in [1.165, 1.54) is 126 Å². The lowest BCUT2D eigenvalue weighted by atomic mass is 9.78. The Bertz CT molecular complexity index is 737. The Labute approximate surface area is 204 Å². The second kappa shape index (κ2) is 15.3. The molecule has 0 amide bonds. The molecular weight excluding hydrogens is 398 g/mol. The fraction of sp³-hybridized carbons (Fsp3) is 0.656. The van der Waals surface area contributed by atoms with Crippen LogP contribution in [0.15, 0.2) is 42.6 Å². The van der Waals surface area contributed by atoms with E-state index >= 15 is 0 Å². The molecule has 0 unspecified atom stereocenters. The maximum Gasteiger partial charge on any atom is 0.0702 e. The van der Waals surface area contributed by atoms with Crippen molar-refractivity contribution in [2.45, 2.75) is 123 Å². The van der Waals surface area contributed by atoms with Gasteiger partial charge in [-0.15, -0.1) is 0 Å². The van der Waals surface area contributed by atoms with Crippen LogP contribution in [0.1, 0.15) is 121 Å². The molecule has 1 heteroatoms. The second-order valence-electron chi connectivity index (χ2n) is 10.7. The van der Waals surface area contributed by atoms with Crippen molar-refractivity contribution < 1.29 is 0 Å². The highest BCUT2D eigenvalue weighted by atomic mass is 14.7. The summed E-state index contributed by atoms with van der Waals surface area (Å²) < 4.78 is 0. The zero-order valence-electron chi connectivity index (χ0n) is 21.7. The van der Waals surface area contributed by atoms with Crippen LogP contribution in [-0.4, -0.2) is 4.98 Å². The molecule has 33 heavy (non-hydrogen) atoms. The Morgan fingerprint density at radius 3 is 1.85 bits per heavy atom. The quantitative estimate of drug-likeness (QED) is 0.247. The van der Waals surface area contributed by atoms with Gasteiger partial charge < -0.3 is 0 Å². The third-order valence-corrected chi connectivity index (χ3v) is 7.92. The lowest BCUT2D eigenvalue weighted by Gasteiger charge is -2.28. The first-order valence-electron chi connectivity index (χ1n) is 14.3. The standard InChI is InChI=1S/C32H49N/c1-3-5-7-9-11-13-27-14-16-29(17-15-27)18-19-30-22-25-32(33-26-30)31-23-20-28(21-24-31)12-10-8-6-4-2/h20-27,29H,3-19H2,1-2H3/t27-,29-. The van der Waals surface area contributed by atoms with Gasteiger partial charge in [0.2, 0.25) is 0 Å². The number of hydrogen-bond acceptors (Lipinski definition) is 1. The van der Waals surface area contributed by atoms with Crippen molar-refractivity contribution in [2.75, 3.05) is 0 Å². The minimum absolute atomic E-state index is 0.936. The topological polar surface area (TPSA) is 12.9 Å². The van der Waals surface area contributed by atoms with Gasteiger partial charge in [-0.25, -0.2) is 0 Å². The Morgan fingerprint density at radius 1 is 0.606 bits per heavy atom. The maximum absolute atomic E-state index is 4.80. The highest BCUT2D eigenvalue weighted by molar-refractivity contribution is 5.59. The van der Waals surface area contributed by atoms with Gasteiger partial charge in [-0.2, -0.15) is 0 Å². The van der Waals surface area contributed by atoms with Crippen LogP contribution in [0.4, 0.5) is 0 Å². The van der Waals surface area contributed by atoms with E-state index < -0.39 is 0 Å². The fourth-order valence-corrected chi connectivity index (χ4v) is 5.56.